The van der Waals surface area contributed by atoms with Crippen molar-refractivity contribution in [3.8, 4) is 0 Å². The molecule has 0 aliphatic heterocycles. The minimum Gasteiger partial charge on any atom is -0.261 e. The molecular weight excluding hydrogens is 190 g/mol. The summed E-state index contributed by atoms with van der Waals surface area (Å²) < 4.78 is 0. The van der Waals surface area contributed by atoms with Crippen molar-refractivity contribution < 1.29 is 0 Å². The average Bonchev–Trinajstić information content (AvgIpc) is 2.69. The van der Waals surface area contributed by atoms with Crippen LogP contribution in [0, 0.1) is 0 Å². The SMILES string of the molecule is BrC1CC1c1ccccn1. The summed E-state index contributed by atoms with van der Waals surface area (Å²) in [5.74, 6) is 0.682. The second-order valence-electron chi connectivity index (χ2n) is 2.61. The third kappa shape index (κ3) is 1.08. The Kier molecular flexibility index (Phi) is 1.49. The lowest BCUT2D eigenvalue weighted by molar-refractivity contribution is 1.03. The molecule has 2 heteroatoms. The van der Waals surface area contributed by atoms with Crippen LogP contribution in [0.1, 0.15) is 18.0 Å². The molecule has 52 valence electrons. The van der Waals surface area contributed by atoms with Crippen molar-refractivity contribution in [2.75, 3.05) is 0 Å². The molecule has 0 amide bonds. The Morgan fingerprint density at radius 1 is 1.50 bits per heavy atom. The zero-order valence-electron chi connectivity index (χ0n) is 5.50. The molecule has 0 radical (unpaired) electrons. The van der Waals surface area contributed by atoms with Gasteiger partial charge in [-0.15, -0.1) is 0 Å². The topological polar surface area (TPSA) is 12.9 Å². The summed E-state index contributed by atoms with van der Waals surface area (Å²) in [6, 6.07) is 6.08. The molecule has 0 saturated heterocycles. The van der Waals surface area contributed by atoms with Gasteiger partial charge in [-0.05, 0) is 18.6 Å². The highest BCUT2D eigenvalue weighted by atomic mass is 79.9. The van der Waals surface area contributed by atoms with Gasteiger partial charge in [0.05, 0.1) is 0 Å². The van der Waals surface area contributed by atoms with Crippen molar-refractivity contribution in [1.29, 1.82) is 0 Å². The van der Waals surface area contributed by atoms with E-state index in [2.05, 4.69) is 27.0 Å². The van der Waals surface area contributed by atoms with Crippen LogP contribution >= 0.6 is 15.9 Å². The molecule has 1 nitrogen and oxygen atoms in total. The predicted molar refractivity (Wildman–Crippen MR) is 44.3 cm³/mol. The molecule has 0 aromatic carbocycles. The summed E-state index contributed by atoms with van der Waals surface area (Å²) in [6.45, 7) is 0. The van der Waals surface area contributed by atoms with Crippen molar-refractivity contribution in [2.45, 2.75) is 17.2 Å². The Bertz CT molecular complexity index is 222. The lowest BCUT2D eigenvalue weighted by atomic mass is 10.3. The van der Waals surface area contributed by atoms with Crippen molar-refractivity contribution in [1.82, 2.24) is 4.98 Å². The van der Waals surface area contributed by atoms with E-state index in [4.69, 9.17) is 0 Å². The van der Waals surface area contributed by atoms with Gasteiger partial charge < -0.3 is 0 Å². The number of hydrogen-bond acceptors (Lipinski definition) is 1. The Balaban J connectivity index is 2.20. The molecule has 0 spiro atoms. The summed E-state index contributed by atoms with van der Waals surface area (Å²) in [5.41, 5.74) is 1.23. The van der Waals surface area contributed by atoms with Gasteiger partial charge in [-0.2, -0.15) is 0 Å². The highest BCUT2D eigenvalue weighted by Crippen LogP contribution is 2.45. The highest BCUT2D eigenvalue weighted by molar-refractivity contribution is 9.09. The fraction of sp³-hybridized carbons (Fsp3) is 0.375. The number of aromatic nitrogens is 1. The first kappa shape index (κ1) is 6.35. The first-order chi connectivity index (χ1) is 4.88. The van der Waals surface area contributed by atoms with E-state index in [1.54, 1.807) is 0 Å². The summed E-state index contributed by atoms with van der Waals surface area (Å²) in [6.07, 6.45) is 3.10. The van der Waals surface area contributed by atoms with Crippen LogP contribution in [-0.2, 0) is 0 Å². The van der Waals surface area contributed by atoms with Gasteiger partial charge in [-0.1, -0.05) is 22.0 Å². The fourth-order valence-corrected chi connectivity index (χ4v) is 1.74. The lowest BCUT2D eigenvalue weighted by Gasteiger charge is -1.92. The maximum absolute atomic E-state index is 4.26. The smallest absolute Gasteiger partial charge is 0.0446 e. The molecule has 1 aromatic rings. The van der Waals surface area contributed by atoms with E-state index in [-0.39, 0.29) is 0 Å². The minimum atomic E-state index is 0.682. The highest BCUT2D eigenvalue weighted by Gasteiger charge is 2.36. The van der Waals surface area contributed by atoms with E-state index in [0.29, 0.717) is 10.7 Å². The number of pyridine rings is 1. The van der Waals surface area contributed by atoms with Gasteiger partial charge in [0.15, 0.2) is 0 Å². The second-order valence-corrected chi connectivity index (χ2v) is 3.79. The van der Waals surface area contributed by atoms with Gasteiger partial charge in [-0.3, -0.25) is 4.98 Å². The zero-order valence-corrected chi connectivity index (χ0v) is 7.08. The zero-order chi connectivity index (χ0) is 6.97. The molecule has 0 N–H and O–H groups in total. The van der Waals surface area contributed by atoms with Crippen molar-refractivity contribution in [2.24, 2.45) is 0 Å². The van der Waals surface area contributed by atoms with Gasteiger partial charge in [0.1, 0.15) is 0 Å². The molecule has 1 heterocycles. The molecule has 1 aromatic heterocycles. The van der Waals surface area contributed by atoms with Crippen molar-refractivity contribution in [3.63, 3.8) is 0 Å². The molecule has 1 fully saturated rings. The van der Waals surface area contributed by atoms with E-state index in [0.717, 1.165) is 0 Å². The predicted octanol–water partition coefficient (Wildman–Crippen LogP) is 2.33. The number of nitrogens with zero attached hydrogens (tertiary/aromatic N) is 1. The maximum atomic E-state index is 4.26. The average molecular weight is 198 g/mol. The number of alkyl halides is 1. The van der Waals surface area contributed by atoms with E-state index < -0.39 is 0 Å². The van der Waals surface area contributed by atoms with E-state index in [9.17, 15) is 0 Å². The van der Waals surface area contributed by atoms with Gasteiger partial charge in [-0.25, -0.2) is 0 Å². The monoisotopic (exact) mass is 197 g/mol. The van der Waals surface area contributed by atoms with Crippen LogP contribution in [0.25, 0.3) is 0 Å². The normalized spacial score (nSPS) is 30.1. The summed E-state index contributed by atoms with van der Waals surface area (Å²) in [4.78, 5) is 4.94. The van der Waals surface area contributed by atoms with Crippen LogP contribution < -0.4 is 0 Å². The Morgan fingerprint density at radius 2 is 2.30 bits per heavy atom. The number of rotatable bonds is 1. The molecule has 1 saturated carbocycles. The second kappa shape index (κ2) is 2.35. The van der Waals surface area contributed by atoms with E-state index in [1.165, 1.54) is 12.1 Å². The van der Waals surface area contributed by atoms with Crippen LogP contribution in [0.3, 0.4) is 0 Å². The minimum absolute atomic E-state index is 0.682. The van der Waals surface area contributed by atoms with Crippen molar-refractivity contribution in [3.05, 3.63) is 30.1 Å². The Hall–Kier alpha value is -0.370. The van der Waals surface area contributed by atoms with Crippen LogP contribution in [0.2, 0.25) is 0 Å². The van der Waals surface area contributed by atoms with Crippen LogP contribution in [-0.4, -0.2) is 9.81 Å². The third-order valence-corrected chi connectivity index (χ3v) is 2.79. The summed E-state index contributed by atoms with van der Waals surface area (Å²) >= 11 is 3.55. The maximum Gasteiger partial charge on any atom is 0.0446 e. The molecule has 2 rings (SSSR count). The summed E-state index contributed by atoms with van der Waals surface area (Å²) in [7, 11) is 0. The fourth-order valence-electron chi connectivity index (χ4n) is 1.07. The first-order valence-electron chi connectivity index (χ1n) is 3.43. The molecule has 2 atom stereocenters. The molecular formula is C8H8BrN. The van der Waals surface area contributed by atoms with Crippen molar-refractivity contribution >= 4 is 15.9 Å². The molecule has 2 unspecified atom stereocenters. The quantitative estimate of drug-likeness (QED) is 0.631. The van der Waals surface area contributed by atoms with Gasteiger partial charge >= 0.3 is 0 Å². The molecule has 0 bridgehead atoms. The third-order valence-electron chi connectivity index (χ3n) is 1.78. The summed E-state index contributed by atoms with van der Waals surface area (Å²) in [5, 5.41) is 0. The lowest BCUT2D eigenvalue weighted by Crippen LogP contribution is -1.84. The van der Waals surface area contributed by atoms with Crippen LogP contribution in [0.4, 0.5) is 0 Å². The number of halogens is 1. The number of hydrogen-bond donors (Lipinski definition) is 0. The molecule has 1 aliphatic rings. The van der Waals surface area contributed by atoms with E-state index >= 15 is 0 Å². The molecule has 10 heavy (non-hydrogen) atoms. The van der Waals surface area contributed by atoms with E-state index in [1.807, 2.05) is 18.3 Å². The van der Waals surface area contributed by atoms with Crippen LogP contribution in [0.15, 0.2) is 24.4 Å². The molecule has 1 aliphatic carbocycles. The Labute approximate surface area is 68.6 Å². The van der Waals surface area contributed by atoms with Crippen LogP contribution in [0.5, 0.6) is 0 Å². The van der Waals surface area contributed by atoms with Gasteiger partial charge in [0.2, 0.25) is 0 Å². The van der Waals surface area contributed by atoms with Gasteiger partial charge in [0.25, 0.3) is 0 Å². The first-order valence-corrected chi connectivity index (χ1v) is 4.34. The van der Waals surface area contributed by atoms with Gasteiger partial charge in [0, 0.05) is 22.6 Å². The Morgan fingerprint density at radius 3 is 2.80 bits per heavy atom. The standard InChI is InChI=1S/C8H8BrN/c9-7-5-6(7)8-3-1-2-4-10-8/h1-4,6-7H,5H2. The largest absolute Gasteiger partial charge is 0.261 e.